The molecule has 1 aliphatic rings. The first-order valence-electron chi connectivity index (χ1n) is 15.1. The van der Waals surface area contributed by atoms with Gasteiger partial charge in [-0.3, -0.25) is 14.5 Å². The summed E-state index contributed by atoms with van der Waals surface area (Å²) in [5.41, 5.74) is 6.32. The Bertz CT molecular complexity index is 1650. The Morgan fingerprint density at radius 1 is 0.932 bits per heavy atom. The van der Waals surface area contributed by atoms with Gasteiger partial charge in [-0.2, -0.15) is 0 Å². The number of aromatic nitrogens is 1. The molecule has 3 aromatic carbocycles. The summed E-state index contributed by atoms with van der Waals surface area (Å²) in [5.74, 6) is -0.229. The molecule has 230 valence electrons. The van der Waals surface area contributed by atoms with Crippen molar-refractivity contribution < 1.29 is 24.3 Å². The number of aromatic hydroxyl groups is 2. The van der Waals surface area contributed by atoms with Crippen LogP contribution in [0, 0.1) is 13.8 Å². The molecule has 1 aromatic heterocycles. The summed E-state index contributed by atoms with van der Waals surface area (Å²) >= 11 is 0. The van der Waals surface area contributed by atoms with Crippen molar-refractivity contribution in [2.75, 3.05) is 32.7 Å². The molecular weight excluding hydrogens is 556 g/mol. The van der Waals surface area contributed by atoms with E-state index in [-0.39, 0.29) is 40.7 Å². The molecule has 1 aliphatic heterocycles. The number of rotatable bonds is 8. The lowest BCUT2D eigenvalue weighted by Crippen LogP contribution is -2.48. The fraction of sp³-hybridized carbons (Fsp3) is 0.343. The van der Waals surface area contributed by atoms with Crippen LogP contribution in [0.5, 0.6) is 11.5 Å². The van der Waals surface area contributed by atoms with Gasteiger partial charge in [0.05, 0.1) is 11.1 Å². The lowest BCUT2D eigenvalue weighted by atomic mass is 9.94. The highest BCUT2D eigenvalue weighted by Crippen LogP contribution is 2.43. The van der Waals surface area contributed by atoms with Gasteiger partial charge in [0.1, 0.15) is 11.5 Å². The second-order valence-corrected chi connectivity index (χ2v) is 11.8. The number of amides is 2. The SMILES string of the molecule is CCNC(=O)c1noc(-c2cc(C(C)C)c(O)cc2O)c1-c1ccc(CN2CCN(C(=O)c3cc(C)cc(C)c3)CC2)cc1. The number of nitrogens with one attached hydrogen (secondary N) is 1. The molecule has 2 amide bonds. The molecule has 3 N–H and O–H groups in total. The number of carbonyl (C=O) groups is 2. The number of hydrogen-bond acceptors (Lipinski definition) is 7. The first kappa shape index (κ1) is 30.8. The van der Waals surface area contributed by atoms with Gasteiger partial charge in [-0.1, -0.05) is 60.5 Å². The molecule has 5 rings (SSSR count). The molecule has 0 spiro atoms. The highest BCUT2D eigenvalue weighted by molar-refractivity contribution is 6.02. The van der Waals surface area contributed by atoms with Crippen molar-refractivity contribution in [2.24, 2.45) is 0 Å². The molecule has 9 heteroatoms. The van der Waals surface area contributed by atoms with Crippen molar-refractivity contribution in [3.05, 3.63) is 88.1 Å². The van der Waals surface area contributed by atoms with E-state index in [0.717, 1.165) is 41.9 Å². The lowest BCUT2D eigenvalue weighted by molar-refractivity contribution is 0.0628. The van der Waals surface area contributed by atoms with E-state index in [1.807, 2.05) is 75.9 Å². The minimum atomic E-state index is -0.378. The van der Waals surface area contributed by atoms with Crippen LogP contribution in [-0.2, 0) is 6.54 Å². The van der Waals surface area contributed by atoms with Gasteiger partial charge in [-0.25, -0.2) is 0 Å². The Balaban J connectivity index is 1.35. The lowest BCUT2D eigenvalue weighted by Gasteiger charge is -2.35. The molecule has 0 saturated carbocycles. The van der Waals surface area contributed by atoms with Gasteiger partial charge in [0.15, 0.2) is 11.5 Å². The van der Waals surface area contributed by atoms with Crippen molar-refractivity contribution in [3.63, 3.8) is 0 Å². The van der Waals surface area contributed by atoms with E-state index < -0.39 is 0 Å². The zero-order valence-corrected chi connectivity index (χ0v) is 26.0. The molecule has 0 unspecified atom stereocenters. The smallest absolute Gasteiger partial charge is 0.274 e. The molecular formula is C35H40N4O5. The molecule has 44 heavy (non-hydrogen) atoms. The average molecular weight is 597 g/mol. The van der Waals surface area contributed by atoms with E-state index in [9.17, 15) is 19.8 Å². The minimum Gasteiger partial charge on any atom is -0.508 e. The van der Waals surface area contributed by atoms with Crippen LogP contribution in [0.25, 0.3) is 22.5 Å². The number of nitrogens with zero attached hydrogens (tertiary/aromatic N) is 3. The molecule has 1 fully saturated rings. The van der Waals surface area contributed by atoms with Crippen LogP contribution >= 0.6 is 0 Å². The fourth-order valence-corrected chi connectivity index (χ4v) is 5.80. The van der Waals surface area contributed by atoms with Gasteiger partial charge < -0.3 is 25.0 Å². The van der Waals surface area contributed by atoms with E-state index in [2.05, 4.69) is 21.4 Å². The summed E-state index contributed by atoms with van der Waals surface area (Å²) < 4.78 is 5.69. The predicted molar refractivity (Wildman–Crippen MR) is 170 cm³/mol. The molecule has 1 saturated heterocycles. The molecule has 4 aromatic rings. The first-order valence-corrected chi connectivity index (χ1v) is 15.1. The molecule has 0 radical (unpaired) electrons. The Hall–Kier alpha value is -4.63. The maximum Gasteiger partial charge on any atom is 0.274 e. The number of phenols is 2. The molecule has 0 aliphatic carbocycles. The summed E-state index contributed by atoms with van der Waals surface area (Å²) in [5, 5.41) is 28.0. The maximum atomic E-state index is 13.1. The number of benzene rings is 3. The summed E-state index contributed by atoms with van der Waals surface area (Å²) in [6.07, 6.45) is 0. The molecule has 9 nitrogen and oxygen atoms in total. The third-order valence-electron chi connectivity index (χ3n) is 8.03. The van der Waals surface area contributed by atoms with Gasteiger partial charge in [0.2, 0.25) is 0 Å². The quantitative estimate of drug-likeness (QED) is 0.233. The van der Waals surface area contributed by atoms with E-state index in [4.69, 9.17) is 4.52 Å². The third-order valence-corrected chi connectivity index (χ3v) is 8.03. The highest BCUT2D eigenvalue weighted by Gasteiger charge is 2.27. The Labute approximate surface area is 258 Å². The summed E-state index contributed by atoms with van der Waals surface area (Å²) in [6, 6.07) is 16.8. The predicted octanol–water partition coefficient (Wildman–Crippen LogP) is 5.87. The van der Waals surface area contributed by atoms with Crippen LogP contribution in [0.15, 0.2) is 59.1 Å². The zero-order valence-electron chi connectivity index (χ0n) is 26.0. The molecule has 0 atom stereocenters. The molecule has 0 bridgehead atoms. The fourth-order valence-electron chi connectivity index (χ4n) is 5.80. The van der Waals surface area contributed by atoms with Crippen LogP contribution in [0.1, 0.15) is 69.8 Å². The largest absolute Gasteiger partial charge is 0.508 e. The van der Waals surface area contributed by atoms with Crippen molar-refractivity contribution in [2.45, 2.75) is 47.1 Å². The number of hydrogen-bond donors (Lipinski definition) is 3. The summed E-state index contributed by atoms with van der Waals surface area (Å²) in [4.78, 5) is 30.3. The van der Waals surface area contributed by atoms with Crippen molar-refractivity contribution in [1.82, 2.24) is 20.3 Å². The van der Waals surface area contributed by atoms with E-state index >= 15 is 0 Å². The van der Waals surface area contributed by atoms with Gasteiger partial charge in [-0.15, -0.1) is 0 Å². The number of piperazine rings is 1. The standard InChI is InChI=1S/C35H40N4O5/c1-6-36-34(42)32-31(33(44-37-32)28-18-27(21(2)3)29(40)19-30(28)41)25-9-7-24(8-10-25)20-38-11-13-39(14-12-38)35(43)26-16-22(4)15-23(5)17-26/h7-10,15-19,21,40-41H,6,11-14,20H2,1-5H3,(H,36,42). The zero-order chi connectivity index (χ0) is 31.5. The van der Waals surface area contributed by atoms with Crippen molar-refractivity contribution >= 4 is 11.8 Å². The van der Waals surface area contributed by atoms with Gasteiger partial charge in [0, 0.05) is 50.9 Å². The Kier molecular flexibility index (Phi) is 9.06. The second kappa shape index (κ2) is 12.9. The monoisotopic (exact) mass is 596 g/mol. The molecule has 2 heterocycles. The van der Waals surface area contributed by atoms with Crippen molar-refractivity contribution in [3.8, 4) is 33.9 Å². The minimum absolute atomic E-state index is 0.00501. The summed E-state index contributed by atoms with van der Waals surface area (Å²) in [7, 11) is 0. The number of aryl methyl sites for hydroxylation is 2. The van der Waals surface area contributed by atoms with E-state index in [0.29, 0.717) is 41.9 Å². The summed E-state index contributed by atoms with van der Waals surface area (Å²) in [6.45, 7) is 13.8. The van der Waals surface area contributed by atoms with Gasteiger partial charge >= 0.3 is 0 Å². The van der Waals surface area contributed by atoms with Crippen LogP contribution in [0.3, 0.4) is 0 Å². The number of carbonyl (C=O) groups excluding carboxylic acids is 2. The van der Waals surface area contributed by atoms with E-state index in [1.165, 1.54) is 6.07 Å². The van der Waals surface area contributed by atoms with Crippen LogP contribution in [0.4, 0.5) is 0 Å². The Morgan fingerprint density at radius 3 is 2.20 bits per heavy atom. The van der Waals surface area contributed by atoms with Crippen molar-refractivity contribution in [1.29, 1.82) is 0 Å². The van der Waals surface area contributed by atoms with Crippen LogP contribution in [-0.4, -0.2) is 69.7 Å². The third kappa shape index (κ3) is 6.48. The maximum absolute atomic E-state index is 13.1. The highest BCUT2D eigenvalue weighted by atomic mass is 16.5. The average Bonchev–Trinajstić information content (AvgIpc) is 3.42. The topological polar surface area (TPSA) is 119 Å². The normalized spacial score (nSPS) is 13.8. The number of phenolic OH excluding ortho intramolecular Hbond substituents is 2. The van der Waals surface area contributed by atoms with Crippen LogP contribution in [0.2, 0.25) is 0 Å². The first-order chi connectivity index (χ1) is 21.0. The van der Waals surface area contributed by atoms with Gasteiger partial charge in [-0.05, 0) is 61.6 Å². The van der Waals surface area contributed by atoms with Crippen LogP contribution < -0.4 is 5.32 Å². The van der Waals surface area contributed by atoms with E-state index in [1.54, 1.807) is 6.07 Å². The Morgan fingerprint density at radius 2 is 1.59 bits per heavy atom. The second-order valence-electron chi connectivity index (χ2n) is 11.8. The van der Waals surface area contributed by atoms with Gasteiger partial charge in [0.25, 0.3) is 11.8 Å².